The molecule has 0 bridgehead atoms. The molecule has 0 saturated carbocycles. The molecule has 1 saturated heterocycles. The van der Waals surface area contributed by atoms with Crippen molar-refractivity contribution in [3.63, 3.8) is 0 Å². The summed E-state index contributed by atoms with van der Waals surface area (Å²) in [5, 5.41) is 2.65. The largest absolute Gasteiger partial charge is 0.379 e. The molecule has 0 radical (unpaired) electrons. The SMILES string of the molecule is Cc1cccc(NS(=O)(=O)c2ccc(NC(=O)c3ccc(Cl)c(S(=O)(=O)N4CCOCC4)c3)cc2)c1. The lowest BCUT2D eigenvalue weighted by molar-refractivity contribution is 0.0730. The van der Waals surface area contributed by atoms with Gasteiger partial charge >= 0.3 is 0 Å². The van der Waals surface area contributed by atoms with Crippen molar-refractivity contribution in [2.24, 2.45) is 0 Å². The highest BCUT2D eigenvalue weighted by Gasteiger charge is 2.29. The molecule has 1 fully saturated rings. The number of aryl methyl sites for hydroxylation is 1. The maximum atomic E-state index is 13.0. The summed E-state index contributed by atoms with van der Waals surface area (Å²) in [6, 6.07) is 16.6. The standard InChI is InChI=1S/C24H24ClN3O6S2/c1-17-3-2-4-20(15-17)27-35(30,31)21-8-6-19(7-9-21)26-24(29)18-5-10-22(25)23(16-18)36(32,33)28-11-13-34-14-12-28/h2-10,15-16,27H,11-14H2,1H3,(H,26,29). The Morgan fingerprint density at radius 1 is 0.917 bits per heavy atom. The van der Waals surface area contributed by atoms with E-state index in [1.807, 2.05) is 13.0 Å². The van der Waals surface area contributed by atoms with Crippen LogP contribution in [0.15, 0.2) is 76.5 Å². The Hall–Kier alpha value is -2.96. The molecule has 1 aliphatic heterocycles. The quantitative estimate of drug-likeness (QED) is 0.463. The van der Waals surface area contributed by atoms with E-state index in [1.54, 1.807) is 18.2 Å². The van der Waals surface area contributed by atoms with Gasteiger partial charge in [-0.15, -0.1) is 0 Å². The summed E-state index contributed by atoms with van der Waals surface area (Å²) in [5.41, 5.74) is 1.78. The van der Waals surface area contributed by atoms with Crippen LogP contribution in [0.5, 0.6) is 0 Å². The number of morpholine rings is 1. The van der Waals surface area contributed by atoms with Crippen LogP contribution >= 0.6 is 11.6 Å². The van der Waals surface area contributed by atoms with Crippen molar-refractivity contribution in [2.45, 2.75) is 16.7 Å². The van der Waals surface area contributed by atoms with Crippen LogP contribution in [0.4, 0.5) is 11.4 Å². The zero-order valence-electron chi connectivity index (χ0n) is 19.3. The fourth-order valence-corrected chi connectivity index (χ4v) is 6.57. The number of nitrogens with one attached hydrogen (secondary N) is 2. The van der Waals surface area contributed by atoms with Crippen LogP contribution in [0, 0.1) is 6.92 Å². The second-order valence-corrected chi connectivity index (χ2v) is 12.1. The zero-order chi connectivity index (χ0) is 25.9. The minimum absolute atomic E-state index is 0.00807. The number of carbonyl (C=O) groups excluding carboxylic acids is 1. The smallest absolute Gasteiger partial charge is 0.261 e. The van der Waals surface area contributed by atoms with Crippen LogP contribution in [-0.2, 0) is 24.8 Å². The number of anilines is 2. The Kier molecular flexibility index (Phi) is 7.67. The van der Waals surface area contributed by atoms with E-state index in [4.69, 9.17) is 16.3 Å². The number of hydrogen-bond donors (Lipinski definition) is 2. The summed E-state index contributed by atoms with van der Waals surface area (Å²) in [6.45, 7) is 2.82. The van der Waals surface area contributed by atoms with Gasteiger partial charge in [0.15, 0.2) is 0 Å². The lowest BCUT2D eigenvalue weighted by Gasteiger charge is -2.26. The molecule has 3 aromatic carbocycles. The van der Waals surface area contributed by atoms with Gasteiger partial charge in [0.05, 0.1) is 23.1 Å². The number of ether oxygens (including phenoxy) is 1. The minimum Gasteiger partial charge on any atom is -0.379 e. The predicted octanol–water partition coefficient (Wildman–Crippen LogP) is 3.72. The lowest BCUT2D eigenvalue weighted by Crippen LogP contribution is -2.40. The Bertz CT molecular complexity index is 1490. The van der Waals surface area contributed by atoms with Gasteiger partial charge in [-0.3, -0.25) is 9.52 Å². The van der Waals surface area contributed by atoms with E-state index in [0.29, 0.717) is 11.4 Å². The minimum atomic E-state index is -3.90. The third kappa shape index (κ3) is 5.88. The molecule has 2 N–H and O–H groups in total. The fourth-order valence-electron chi connectivity index (χ4n) is 3.61. The highest BCUT2D eigenvalue weighted by molar-refractivity contribution is 7.92. The van der Waals surface area contributed by atoms with Crippen molar-refractivity contribution in [3.05, 3.63) is 82.9 Å². The molecule has 0 unspecified atom stereocenters. The average Bonchev–Trinajstić information content (AvgIpc) is 2.85. The van der Waals surface area contributed by atoms with Gasteiger partial charge in [0.2, 0.25) is 10.0 Å². The highest BCUT2D eigenvalue weighted by atomic mass is 35.5. The van der Waals surface area contributed by atoms with Crippen molar-refractivity contribution in [2.75, 3.05) is 36.3 Å². The van der Waals surface area contributed by atoms with Crippen molar-refractivity contribution in [1.29, 1.82) is 0 Å². The van der Waals surface area contributed by atoms with Gasteiger partial charge in [-0.1, -0.05) is 23.7 Å². The first-order valence-corrected chi connectivity index (χ1v) is 14.2. The molecular weight excluding hydrogens is 526 g/mol. The molecule has 1 amide bonds. The van der Waals surface area contributed by atoms with E-state index >= 15 is 0 Å². The summed E-state index contributed by atoms with van der Waals surface area (Å²) in [5.74, 6) is -0.571. The van der Waals surface area contributed by atoms with E-state index in [9.17, 15) is 21.6 Å². The molecule has 0 aliphatic carbocycles. The van der Waals surface area contributed by atoms with Gasteiger partial charge in [-0.2, -0.15) is 4.31 Å². The van der Waals surface area contributed by atoms with E-state index < -0.39 is 26.0 Å². The maximum Gasteiger partial charge on any atom is 0.261 e. The molecule has 1 aliphatic rings. The second-order valence-electron chi connectivity index (χ2n) is 8.12. The highest BCUT2D eigenvalue weighted by Crippen LogP contribution is 2.27. The van der Waals surface area contributed by atoms with Crippen molar-refractivity contribution < 1.29 is 26.4 Å². The van der Waals surface area contributed by atoms with Gasteiger partial charge < -0.3 is 10.1 Å². The third-order valence-corrected chi connectivity index (χ3v) is 9.25. The van der Waals surface area contributed by atoms with Crippen molar-refractivity contribution in [1.82, 2.24) is 4.31 Å². The van der Waals surface area contributed by atoms with Crippen LogP contribution in [0.25, 0.3) is 0 Å². The van der Waals surface area contributed by atoms with Gasteiger partial charge in [-0.25, -0.2) is 16.8 Å². The molecule has 36 heavy (non-hydrogen) atoms. The number of halogens is 1. The first kappa shape index (κ1) is 26.1. The van der Waals surface area contributed by atoms with Crippen LogP contribution in [0.1, 0.15) is 15.9 Å². The third-order valence-electron chi connectivity index (χ3n) is 5.47. The number of carbonyl (C=O) groups is 1. The summed E-state index contributed by atoms with van der Waals surface area (Å²) in [4.78, 5) is 12.7. The van der Waals surface area contributed by atoms with Gasteiger partial charge in [0, 0.05) is 30.0 Å². The Morgan fingerprint density at radius 2 is 1.61 bits per heavy atom. The van der Waals surface area contributed by atoms with Crippen LogP contribution in [0.3, 0.4) is 0 Å². The van der Waals surface area contributed by atoms with E-state index in [0.717, 1.165) is 5.56 Å². The second kappa shape index (κ2) is 10.6. The number of amides is 1. The molecule has 0 aromatic heterocycles. The van der Waals surface area contributed by atoms with Gasteiger partial charge in [-0.05, 0) is 67.1 Å². The normalized spacial score (nSPS) is 14.8. The van der Waals surface area contributed by atoms with E-state index in [1.165, 1.54) is 46.8 Å². The van der Waals surface area contributed by atoms with Crippen LogP contribution < -0.4 is 10.0 Å². The lowest BCUT2D eigenvalue weighted by atomic mass is 10.2. The van der Waals surface area contributed by atoms with E-state index in [-0.39, 0.29) is 46.7 Å². The number of hydrogen-bond acceptors (Lipinski definition) is 6. The summed E-state index contributed by atoms with van der Waals surface area (Å²) < 4.78 is 60.4. The molecule has 0 spiro atoms. The Balaban J connectivity index is 1.49. The molecule has 4 rings (SSSR count). The fraction of sp³-hybridized carbons (Fsp3) is 0.208. The van der Waals surface area contributed by atoms with Crippen LogP contribution in [0.2, 0.25) is 5.02 Å². The molecule has 1 heterocycles. The molecule has 9 nitrogen and oxygen atoms in total. The topological polar surface area (TPSA) is 122 Å². The summed E-state index contributed by atoms with van der Waals surface area (Å²) in [6.07, 6.45) is 0. The maximum absolute atomic E-state index is 13.0. The summed E-state index contributed by atoms with van der Waals surface area (Å²) in [7, 11) is -7.73. The molecular formula is C24H24ClN3O6S2. The van der Waals surface area contributed by atoms with Crippen LogP contribution in [-0.4, -0.2) is 53.4 Å². The Morgan fingerprint density at radius 3 is 2.28 bits per heavy atom. The number of sulfonamides is 2. The molecule has 190 valence electrons. The first-order valence-electron chi connectivity index (χ1n) is 10.9. The van der Waals surface area contributed by atoms with Gasteiger partial charge in [0.25, 0.3) is 15.9 Å². The Labute approximate surface area is 215 Å². The van der Waals surface area contributed by atoms with Gasteiger partial charge in [0.1, 0.15) is 4.90 Å². The monoisotopic (exact) mass is 549 g/mol. The molecule has 12 heteroatoms. The molecule has 3 aromatic rings. The average molecular weight is 550 g/mol. The number of rotatable bonds is 7. The van der Waals surface area contributed by atoms with E-state index in [2.05, 4.69) is 10.0 Å². The van der Waals surface area contributed by atoms with Crippen molar-refractivity contribution >= 4 is 48.9 Å². The van der Waals surface area contributed by atoms with Crippen molar-refractivity contribution in [3.8, 4) is 0 Å². The summed E-state index contributed by atoms with van der Waals surface area (Å²) >= 11 is 6.16. The first-order chi connectivity index (χ1) is 17.1. The predicted molar refractivity (Wildman–Crippen MR) is 137 cm³/mol. The molecule has 0 atom stereocenters. The zero-order valence-corrected chi connectivity index (χ0v) is 21.7. The number of benzene rings is 3. The number of nitrogens with zero attached hydrogens (tertiary/aromatic N) is 1.